The van der Waals surface area contributed by atoms with Gasteiger partial charge < -0.3 is 24.8 Å². The van der Waals surface area contributed by atoms with Crippen molar-refractivity contribution in [1.82, 2.24) is 0 Å². The molecule has 0 spiro atoms. The molecule has 1 saturated heterocycles. The van der Waals surface area contributed by atoms with Crippen molar-refractivity contribution in [2.24, 2.45) is 11.8 Å². The van der Waals surface area contributed by atoms with Crippen molar-refractivity contribution in [3.05, 3.63) is 0 Å². The van der Waals surface area contributed by atoms with E-state index in [-0.39, 0.29) is 32.2 Å². The number of rotatable bonds is 7. The van der Waals surface area contributed by atoms with Gasteiger partial charge in [0.2, 0.25) is 0 Å². The van der Waals surface area contributed by atoms with Crippen LogP contribution < -0.4 is 0 Å². The number of ether oxygens (including phenoxy) is 2. The maximum atomic E-state index is 10.5. The molecule has 0 aromatic carbocycles. The van der Waals surface area contributed by atoms with Crippen LogP contribution in [0.3, 0.4) is 0 Å². The molecule has 0 radical (unpaired) electrons. The van der Waals surface area contributed by atoms with Crippen molar-refractivity contribution in [2.75, 3.05) is 30.9 Å². The molecule has 0 saturated carbocycles. The maximum absolute atomic E-state index is 10.5. The van der Waals surface area contributed by atoms with E-state index in [1.807, 2.05) is 13.8 Å². The number of aliphatic hydroxyl groups is 3. The molecule has 1 aliphatic heterocycles. The summed E-state index contributed by atoms with van der Waals surface area (Å²) in [5, 5.41) is 26.9. The fourth-order valence-electron chi connectivity index (χ4n) is 1.67. The van der Waals surface area contributed by atoms with Gasteiger partial charge in [0.15, 0.2) is 11.6 Å². The van der Waals surface area contributed by atoms with Crippen LogP contribution >= 0.6 is 22.6 Å². The van der Waals surface area contributed by atoms with Crippen molar-refractivity contribution in [3.8, 4) is 0 Å². The number of carbonyl (C=O) groups is 1. The average Bonchev–Trinajstić information content (AvgIpc) is 2.64. The van der Waals surface area contributed by atoms with Crippen LogP contribution in [0.5, 0.6) is 0 Å². The number of alkyl halides is 1. The minimum atomic E-state index is -1.28. The molecule has 7 heteroatoms. The van der Waals surface area contributed by atoms with Gasteiger partial charge in [-0.25, -0.2) is 0 Å². The third-order valence-electron chi connectivity index (χ3n) is 4.14. The zero-order valence-corrected chi connectivity index (χ0v) is 19.4. The summed E-state index contributed by atoms with van der Waals surface area (Å²) in [4.78, 5) is 10.5. The predicted octanol–water partition coefficient (Wildman–Crippen LogP) is 2.94. The third-order valence-corrected chi connectivity index (χ3v) is 5.64. The van der Waals surface area contributed by atoms with Crippen molar-refractivity contribution >= 4 is 28.4 Å². The smallest absolute Gasteiger partial charge is 0.184 e. The fourth-order valence-corrected chi connectivity index (χ4v) is 2.30. The van der Waals surface area contributed by atoms with Gasteiger partial charge in [-0.3, -0.25) is 4.79 Å². The first-order chi connectivity index (χ1) is 12.0. The Balaban J connectivity index is 0. The summed E-state index contributed by atoms with van der Waals surface area (Å²) in [6.45, 7) is 11.7. The highest BCUT2D eigenvalue weighted by atomic mass is 127. The van der Waals surface area contributed by atoms with Gasteiger partial charge in [0.1, 0.15) is 18.8 Å². The fraction of sp³-hybridized carbons (Fsp3) is 0.947. The van der Waals surface area contributed by atoms with Crippen LogP contribution in [0.15, 0.2) is 0 Å². The summed E-state index contributed by atoms with van der Waals surface area (Å²) in [5.41, 5.74) is -1.28. The number of hydrogen-bond donors (Lipinski definition) is 3. The molecule has 1 rings (SSSR count). The lowest BCUT2D eigenvalue weighted by Crippen LogP contribution is -2.39. The van der Waals surface area contributed by atoms with Crippen LogP contribution in [-0.2, 0) is 14.3 Å². The van der Waals surface area contributed by atoms with E-state index in [1.54, 1.807) is 13.8 Å². The average molecular weight is 490 g/mol. The molecule has 158 valence electrons. The molecule has 1 heterocycles. The van der Waals surface area contributed by atoms with Gasteiger partial charge in [-0.15, -0.1) is 0 Å². The lowest BCUT2D eigenvalue weighted by atomic mass is 9.91. The predicted molar refractivity (Wildman–Crippen MR) is 113 cm³/mol. The summed E-state index contributed by atoms with van der Waals surface area (Å²) >= 11 is 2.41. The first kappa shape index (κ1) is 28.4. The molecule has 0 unspecified atom stereocenters. The molecule has 6 nitrogen and oxygen atoms in total. The Morgan fingerprint density at radius 1 is 1.08 bits per heavy atom. The van der Waals surface area contributed by atoms with Gasteiger partial charge in [-0.2, -0.15) is 0 Å². The summed E-state index contributed by atoms with van der Waals surface area (Å²) in [7, 11) is 0. The molecule has 1 fully saturated rings. The second-order valence-electron chi connectivity index (χ2n) is 7.44. The van der Waals surface area contributed by atoms with Crippen LogP contribution in [0, 0.1) is 11.8 Å². The van der Waals surface area contributed by atoms with Crippen LogP contribution in [0.2, 0.25) is 0 Å². The SMILES string of the molecule is CC1(C)OCC(=O)CO1.CC[C@H](C)CC(O)(CO)CO.CC[C@H](C)CI. The lowest BCUT2D eigenvalue weighted by molar-refractivity contribution is -0.235. The Hall–Kier alpha value is 0.200. The Labute approximate surface area is 172 Å². The van der Waals surface area contributed by atoms with E-state index < -0.39 is 11.4 Å². The largest absolute Gasteiger partial charge is 0.393 e. The van der Waals surface area contributed by atoms with Crippen LogP contribution in [0.1, 0.15) is 60.8 Å². The summed E-state index contributed by atoms with van der Waals surface area (Å²) in [6.07, 6.45) is 2.72. The van der Waals surface area contributed by atoms with Gasteiger partial charge in [0.25, 0.3) is 0 Å². The molecule has 0 bridgehead atoms. The Morgan fingerprint density at radius 3 is 1.73 bits per heavy atom. The number of ketones is 1. The Bertz CT molecular complexity index is 342. The second kappa shape index (κ2) is 15.2. The van der Waals surface area contributed by atoms with Gasteiger partial charge in [0.05, 0.1) is 13.2 Å². The summed E-state index contributed by atoms with van der Waals surface area (Å²) in [5.74, 6) is 0.702. The van der Waals surface area contributed by atoms with Crippen molar-refractivity contribution < 1.29 is 29.6 Å². The number of aliphatic hydroxyl groups excluding tert-OH is 2. The first-order valence-corrected chi connectivity index (χ1v) is 10.8. The molecule has 0 aromatic heterocycles. The van der Waals surface area contributed by atoms with Crippen molar-refractivity contribution in [2.45, 2.75) is 72.2 Å². The molecule has 0 amide bonds. The van der Waals surface area contributed by atoms with Crippen LogP contribution in [0.4, 0.5) is 0 Å². The standard InChI is InChI=1S/C8H18O3.C6H10O3.C5H11I/c1-3-7(2)4-8(11,5-9)6-10;1-6(2)8-3-5(7)4-9-6;1-3-5(2)4-6/h7,9-11H,3-6H2,1-2H3;3-4H2,1-2H3;5H,3-4H2,1-2H3/t7-;;5-/m0.0/s1. The zero-order chi connectivity index (χ0) is 20.8. The van der Waals surface area contributed by atoms with E-state index in [0.717, 1.165) is 12.3 Å². The first-order valence-electron chi connectivity index (χ1n) is 9.28. The monoisotopic (exact) mass is 490 g/mol. The molecular formula is C19H39IO6. The molecule has 2 atom stereocenters. The highest BCUT2D eigenvalue weighted by Crippen LogP contribution is 2.18. The normalized spacial score (nSPS) is 18.8. The Kier molecular flexibility index (Phi) is 16.6. The zero-order valence-electron chi connectivity index (χ0n) is 17.3. The topological polar surface area (TPSA) is 96.2 Å². The lowest BCUT2D eigenvalue weighted by Gasteiger charge is -2.28. The molecule has 26 heavy (non-hydrogen) atoms. The van der Waals surface area contributed by atoms with E-state index >= 15 is 0 Å². The van der Waals surface area contributed by atoms with Gasteiger partial charge in [-0.05, 0) is 32.1 Å². The maximum Gasteiger partial charge on any atom is 0.184 e. The molecule has 0 aliphatic carbocycles. The quantitative estimate of drug-likeness (QED) is 0.375. The van der Waals surface area contributed by atoms with E-state index in [9.17, 15) is 9.90 Å². The molecule has 1 aliphatic rings. The Morgan fingerprint density at radius 2 is 1.50 bits per heavy atom. The van der Waals surface area contributed by atoms with Gasteiger partial charge >= 0.3 is 0 Å². The van der Waals surface area contributed by atoms with Gasteiger partial charge in [0, 0.05) is 4.43 Å². The second-order valence-corrected chi connectivity index (χ2v) is 8.32. The van der Waals surface area contributed by atoms with E-state index in [4.69, 9.17) is 19.7 Å². The van der Waals surface area contributed by atoms with Crippen LogP contribution in [0.25, 0.3) is 0 Å². The highest BCUT2D eigenvalue weighted by Gasteiger charge is 2.27. The minimum Gasteiger partial charge on any atom is -0.393 e. The van der Waals surface area contributed by atoms with E-state index in [2.05, 4.69) is 36.4 Å². The number of carbonyl (C=O) groups excluding carboxylic acids is 1. The molecular weight excluding hydrogens is 451 g/mol. The summed E-state index contributed by atoms with van der Waals surface area (Å²) in [6, 6.07) is 0. The van der Waals surface area contributed by atoms with Crippen molar-refractivity contribution in [1.29, 1.82) is 0 Å². The number of Topliss-reactive ketones (excluding diaryl/α,β-unsaturated/α-hetero) is 1. The van der Waals surface area contributed by atoms with E-state index in [1.165, 1.54) is 10.8 Å². The van der Waals surface area contributed by atoms with E-state index in [0.29, 0.717) is 12.3 Å². The number of hydrogen-bond acceptors (Lipinski definition) is 6. The van der Waals surface area contributed by atoms with Crippen molar-refractivity contribution in [3.63, 3.8) is 0 Å². The third kappa shape index (κ3) is 15.3. The molecule has 3 N–H and O–H groups in total. The van der Waals surface area contributed by atoms with Gasteiger partial charge in [-0.1, -0.05) is 63.1 Å². The number of halogens is 1. The van der Waals surface area contributed by atoms with Crippen LogP contribution in [-0.4, -0.2) is 63.3 Å². The minimum absolute atomic E-state index is 0.00863. The molecule has 0 aromatic rings. The summed E-state index contributed by atoms with van der Waals surface area (Å²) < 4.78 is 11.3. The highest BCUT2D eigenvalue weighted by molar-refractivity contribution is 14.1.